The van der Waals surface area contributed by atoms with Crippen molar-refractivity contribution in [3.8, 4) is 0 Å². The van der Waals surface area contributed by atoms with Crippen molar-refractivity contribution >= 4 is 0 Å². The molecule has 144 valence electrons. The first-order chi connectivity index (χ1) is 11.5. The average molecular weight is 351 g/mol. The number of hydrogen-bond donors (Lipinski definition) is 6. The fourth-order valence-electron chi connectivity index (χ4n) is 2.59. The maximum absolute atomic E-state index is 9.86. The van der Waals surface area contributed by atoms with Crippen LogP contribution >= 0.6 is 0 Å². The number of unbranched alkanes of at least 4 members (excludes halogenated alkanes) is 4. The Hall–Kier alpha value is -0.320. The Morgan fingerprint density at radius 3 is 2.42 bits per heavy atom. The van der Waals surface area contributed by atoms with Crippen molar-refractivity contribution in [3.63, 3.8) is 0 Å². The minimum absolute atomic E-state index is 0.0917. The molecule has 0 radical (unpaired) electrons. The molecule has 1 fully saturated rings. The number of aliphatic hydroxyl groups is 5. The standard InChI is InChI=1S/C16H33NO7/c1-2-3-4-5-6-7-17-8-11(19)10-23-16-15(22)14(21)13(20)12(9-18)24-16/h11-22H,2-10H2,1H3/t11?,12-,13+,14+,15-,16-/m1/s1. The zero-order valence-electron chi connectivity index (χ0n) is 14.4. The molecular weight excluding hydrogens is 318 g/mol. The Kier molecular flexibility index (Phi) is 11.0. The van der Waals surface area contributed by atoms with Gasteiger partial charge in [-0.2, -0.15) is 0 Å². The highest BCUT2D eigenvalue weighted by Gasteiger charge is 2.44. The topological polar surface area (TPSA) is 132 Å². The molecule has 1 aliphatic heterocycles. The summed E-state index contributed by atoms with van der Waals surface area (Å²) < 4.78 is 10.5. The molecule has 1 saturated heterocycles. The highest BCUT2D eigenvalue weighted by Crippen LogP contribution is 2.21. The van der Waals surface area contributed by atoms with Crippen LogP contribution in [-0.4, -0.2) is 88.6 Å². The molecule has 0 spiro atoms. The minimum Gasteiger partial charge on any atom is -0.394 e. The van der Waals surface area contributed by atoms with Crippen molar-refractivity contribution in [2.75, 3.05) is 26.3 Å². The molecule has 1 heterocycles. The van der Waals surface area contributed by atoms with Crippen LogP contribution in [0.4, 0.5) is 0 Å². The van der Waals surface area contributed by atoms with Crippen LogP contribution in [0.1, 0.15) is 39.0 Å². The summed E-state index contributed by atoms with van der Waals surface area (Å²) in [6, 6.07) is 0. The summed E-state index contributed by atoms with van der Waals surface area (Å²) in [5.74, 6) is 0. The molecule has 8 nitrogen and oxygen atoms in total. The third-order valence-corrected chi connectivity index (χ3v) is 4.14. The van der Waals surface area contributed by atoms with Gasteiger partial charge in [0.05, 0.1) is 19.3 Å². The third-order valence-electron chi connectivity index (χ3n) is 4.14. The molecule has 0 aromatic heterocycles. The SMILES string of the molecule is CCCCCCCNCC(O)CO[C@@H]1O[C@H](CO)[C@H](O)[C@H](O)[C@H]1O. The largest absolute Gasteiger partial charge is 0.394 e. The average Bonchev–Trinajstić information content (AvgIpc) is 2.58. The Balaban J connectivity index is 2.17. The molecule has 1 rings (SSSR count). The number of hydrogen-bond acceptors (Lipinski definition) is 8. The van der Waals surface area contributed by atoms with E-state index in [1.165, 1.54) is 19.3 Å². The van der Waals surface area contributed by atoms with Crippen molar-refractivity contribution in [2.24, 2.45) is 0 Å². The third kappa shape index (κ3) is 7.28. The van der Waals surface area contributed by atoms with Crippen LogP contribution in [0.3, 0.4) is 0 Å². The van der Waals surface area contributed by atoms with Gasteiger partial charge >= 0.3 is 0 Å². The van der Waals surface area contributed by atoms with Gasteiger partial charge in [0.2, 0.25) is 0 Å². The first kappa shape index (κ1) is 21.7. The highest BCUT2D eigenvalue weighted by atomic mass is 16.7. The van der Waals surface area contributed by atoms with Gasteiger partial charge in [0.15, 0.2) is 6.29 Å². The van der Waals surface area contributed by atoms with Gasteiger partial charge < -0.3 is 40.3 Å². The van der Waals surface area contributed by atoms with Gasteiger partial charge in [-0.15, -0.1) is 0 Å². The summed E-state index contributed by atoms with van der Waals surface area (Å²) in [6.07, 6.45) is -1.43. The first-order valence-corrected chi connectivity index (χ1v) is 8.82. The van der Waals surface area contributed by atoms with Crippen LogP contribution in [0.25, 0.3) is 0 Å². The van der Waals surface area contributed by atoms with Gasteiger partial charge in [0.25, 0.3) is 0 Å². The minimum atomic E-state index is -1.47. The van der Waals surface area contributed by atoms with Crippen LogP contribution in [0.15, 0.2) is 0 Å². The lowest BCUT2D eigenvalue weighted by atomic mass is 9.99. The molecule has 0 aromatic carbocycles. The molecule has 0 bridgehead atoms. The predicted octanol–water partition coefficient (Wildman–Crippen LogP) is -1.28. The second-order valence-corrected chi connectivity index (χ2v) is 6.30. The Morgan fingerprint density at radius 2 is 1.75 bits per heavy atom. The summed E-state index contributed by atoms with van der Waals surface area (Å²) in [5.41, 5.74) is 0. The summed E-state index contributed by atoms with van der Waals surface area (Å²) in [5, 5.41) is 51.2. The van der Waals surface area contributed by atoms with Crippen molar-refractivity contribution in [2.45, 2.75) is 75.8 Å². The summed E-state index contributed by atoms with van der Waals surface area (Å²) >= 11 is 0. The quantitative estimate of drug-likeness (QED) is 0.240. The van der Waals surface area contributed by atoms with E-state index in [1.54, 1.807) is 0 Å². The van der Waals surface area contributed by atoms with E-state index in [2.05, 4.69) is 12.2 Å². The van der Waals surface area contributed by atoms with Crippen LogP contribution < -0.4 is 5.32 Å². The Labute approximate surface area is 143 Å². The lowest BCUT2D eigenvalue weighted by Gasteiger charge is -2.39. The molecule has 1 aliphatic rings. The van der Waals surface area contributed by atoms with Gasteiger partial charge in [-0.25, -0.2) is 0 Å². The Morgan fingerprint density at radius 1 is 1.04 bits per heavy atom. The number of aliphatic hydroxyl groups excluding tert-OH is 5. The zero-order valence-corrected chi connectivity index (χ0v) is 14.4. The van der Waals surface area contributed by atoms with Crippen molar-refractivity contribution in [1.82, 2.24) is 5.32 Å². The molecule has 6 atom stereocenters. The summed E-state index contributed by atoms with van der Waals surface area (Å²) in [6.45, 7) is 2.74. The summed E-state index contributed by atoms with van der Waals surface area (Å²) in [7, 11) is 0. The normalized spacial score (nSPS) is 32.0. The van der Waals surface area contributed by atoms with Crippen molar-refractivity contribution in [1.29, 1.82) is 0 Å². The van der Waals surface area contributed by atoms with E-state index in [4.69, 9.17) is 14.6 Å². The second kappa shape index (κ2) is 12.1. The van der Waals surface area contributed by atoms with Gasteiger partial charge in [-0.05, 0) is 13.0 Å². The van der Waals surface area contributed by atoms with Crippen molar-refractivity contribution < 1.29 is 35.0 Å². The van der Waals surface area contributed by atoms with E-state index in [0.29, 0.717) is 6.54 Å². The smallest absolute Gasteiger partial charge is 0.186 e. The molecule has 0 aliphatic carbocycles. The van der Waals surface area contributed by atoms with E-state index in [-0.39, 0.29) is 6.61 Å². The van der Waals surface area contributed by atoms with Crippen LogP contribution in [-0.2, 0) is 9.47 Å². The second-order valence-electron chi connectivity index (χ2n) is 6.30. The van der Waals surface area contributed by atoms with E-state index >= 15 is 0 Å². The monoisotopic (exact) mass is 351 g/mol. The van der Waals surface area contributed by atoms with Gasteiger partial charge in [0, 0.05) is 6.54 Å². The lowest BCUT2D eigenvalue weighted by Crippen LogP contribution is -2.59. The number of rotatable bonds is 12. The van der Waals surface area contributed by atoms with E-state index in [1.807, 2.05) is 0 Å². The number of ether oxygens (including phenoxy) is 2. The fourth-order valence-corrected chi connectivity index (χ4v) is 2.59. The molecule has 0 saturated carbocycles. The highest BCUT2D eigenvalue weighted by molar-refractivity contribution is 4.88. The first-order valence-electron chi connectivity index (χ1n) is 8.82. The molecule has 8 heteroatoms. The molecule has 1 unspecified atom stereocenters. The summed E-state index contributed by atoms with van der Waals surface area (Å²) in [4.78, 5) is 0. The lowest BCUT2D eigenvalue weighted by molar-refractivity contribution is -0.304. The zero-order chi connectivity index (χ0) is 17.9. The predicted molar refractivity (Wildman–Crippen MR) is 87.4 cm³/mol. The molecular formula is C16H33NO7. The fraction of sp³-hybridized carbons (Fsp3) is 1.00. The van der Waals surface area contributed by atoms with E-state index in [0.717, 1.165) is 19.4 Å². The van der Waals surface area contributed by atoms with Crippen LogP contribution in [0.2, 0.25) is 0 Å². The van der Waals surface area contributed by atoms with E-state index < -0.39 is 43.4 Å². The molecule has 24 heavy (non-hydrogen) atoms. The van der Waals surface area contributed by atoms with E-state index in [9.17, 15) is 20.4 Å². The van der Waals surface area contributed by atoms with Crippen LogP contribution in [0.5, 0.6) is 0 Å². The number of nitrogens with one attached hydrogen (secondary N) is 1. The van der Waals surface area contributed by atoms with Crippen molar-refractivity contribution in [3.05, 3.63) is 0 Å². The van der Waals surface area contributed by atoms with Gasteiger partial charge in [-0.3, -0.25) is 0 Å². The molecule has 0 aromatic rings. The molecule has 0 amide bonds. The maximum Gasteiger partial charge on any atom is 0.186 e. The van der Waals surface area contributed by atoms with Gasteiger partial charge in [0.1, 0.15) is 24.4 Å². The molecule has 6 N–H and O–H groups in total. The Bertz CT molecular complexity index is 319. The maximum atomic E-state index is 9.86. The van der Waals surface area contributed by atoms with Gasteiger partial charge in [-0.1, -0.05) is 32.6 Å². The van der Waals surface area contributed by atoms with Crippen LogP contribution in [0, 0.1) is 0 Å².